The van der Waals surface area contributed by atoms with Crippen LogP contribution in [0, 0.1) is 11.6 Å². The van der Waals surface area contributed by atoms with E-state index in [0.29, 0.717) is 33.9 Å². The first-order valence-corrected chi connectivity index (χ1v) is 14.6. The zero-order valence-electron chi connectivity index (χ0n) is 24.5. The smallest absolute Gasteiger partial charge is 0.411 e. The molecule has 0 aliphatic carbocycles. The number of amides is 4. The first-order chi connectivity index (χ1) is 21.7. The number of rotatable bonds is 8. The SMILES string of the molecule is Cl.O=C1CCC(N2Cc3ccc(COC(=O)Nc4ccc(Oc5ccc(F)c(F)c5)cc4)c(OC4CCNCC4)c3C2=O)C(=O)N1. The Morgan fingerprint density at radius 3 is 2.39 bits per heavy atom. The van der Waals surface area contributed by atoms with Crippen molar-refractivity contribution in [2.24, 2.45) is 0 Å². The molecular weight excluding hydrogens is 626 g/mol. The molecule has 3 heterocycles. The summed E-state index contributed by atoms with van der Waals surface area (Å²) in [5, 5.41) is 8.20. The molecule has 4 amide bonds. The molecule has 0 spiro atoms. The van der Waals surface area contributed by atoms with Crippen LogP contribution in [-0.2, 0) is 27.5 Å². The Morgan fingerprint density at radius 2 is 1.67 bits per heavy atom. The van der Waals surface area contributed by atoms with E-state index in [1.807, 2.05) is 0 Å². The third kappa shape index (κ3) is 7.21. The van der Waals surface area contributed by atoms with E-state index in [1.165, 1.54) is 11.0 Å². The van der Waals surface area contributed by atoms with Crippen molar-refractivity contribution in [3.05, 3.63) is 82.9 Å². The number of hydrogen-bond acceptors (Lipinski definition) is 8. The molecule has 14 heteroatoms. The van der Waals surface area contributed by atoms with Crippen molar-refractivity contribution in [2.45, 2.75) is 51.0 Å². The standard InChI is InChI=1S/C32H30F2N4O7.ClH/c33-24-8-7-23(15-25(24)34)44-21-5-3-20(4-6-21)36-32(42)43-17-19-2-1-18-16-38(26-9-10-27(39)37-30(26)40)31(41)28(18)29(19)45-22-11-13-35-14-12-22;/h1-8,15,22,26,35H,9-14,16-17H2,(H,36,42)(H,37,39,40);1H. The summed E-state index contributed by atoms with van der Waals surface area (Å²) in [7, 11) is 0. The van der Waals surface area contributed by atoms with Crippen LogP contribution in [0.1, 0.15) is 47.2 Å². The fraction of sp³-hybridized carbons (Fsp3) is 0.312. The van der Waals surface area contributed by atoms with Crippen molar-refractivity contribution in [1.29, 1.82) is 0 Å². The normalized spacial score (nSPS) is 17.9. The Bertz CT molecular complexity index is 1650. The third-order valence-corrected chi connectivity index (χ3v) is 7.88. The fourth-order valence-corrected chi connectivity index (χ4v) is 5.57. The molecular formula is C32H31ClF2N4O7. The molecule has 0 bridgehead atoms. The summed E-state index contributed by atoms with van der Waals surface area (Å²) in [6, 6.07) is 12.1. The van der Waals surface area contributed by atoms with Crippen LogP contribution in [0.25, 0.3) is 0 Å². The molecule has 3 aliphatic heterocycles. The van der Waals surface area contributed by atoms with Gasteiger partial charge < -0.3 is 24.4 Å². The number of carbonyl (C=O) groups is 4. The van der Waals surface area contributed by atoms with E-state index in [2.05, 4.69) is 16.0 Å². The first-order valence-electron chi connectivity index (χ1n) is 14.6. The molecule has 0 aromatic heterocycles. The number of nitrogens with one attached hydrogen (secondary N) is 3. The van der Waals surface area contributed by atoms with Gasteiger partial charge in [0.1, 0.15) is 36.0 Å². The summed E-state index contributed by atoms with van der Waals surface area (Å²) in [6.45, 7) is 1.52. The zero-order valence-corrected chi connectivity index (χ0v) is 25.3. The van der Waals surface area contributed by atoms with Crippen LogP contribution < -0.4 is 25.4 Å². The molecule has 242 valence electrons. The van der Waals surface area contributed by atoms with Gasteiger partial charge in [0.05, 0.1) is 5.56 Å². The van der Waals surface area contributed by atoms with Gasteiger partial charge in [-0.2, -0.15) is 0 Å². The number of hydrogen-bond donors (Lipinski definition) is 3. The molecule has 6 rings (SSSR count). The van der Waals surface area contributed by atoms with Gasteiger partial charge in [-0.1, -0.05) is 12.1 Å². The minimum atomic E-state index is -1.03. The molecule has 3 N–H and O–H groups in total. The summed E-state index contributed by atoms with van der Waals surface area (Å²) < 4.78 is 44.0. The maximum Gasteiger partial charge on any atom is 0.411 e. The van der Waals surface area contributed by atoms with Crippen LogP contribution in [-0.4, -0.2) is 54.0 Å². The van der Waals surface area contributed by atoms with Gasteiger partial charge in [-0.05, 0) is 74.3 Å². The van der Waals surface area contributed by atoms with E-state index in [9.17, 15) is 28.0 Å². The minimum Gasteiger partial charge on any atom is -0.489 e. The van der Waals surface area contributed by atoms with E-state index in [-0.39, 0.29) is 62.1 Å². The molecule has 2 saturated heterocycles. The van der Waals surface area contributed by atoms with Crippen molar-refractivity contribution in [3.63, 3.8) is 0 Å². The van der Waals surface area contributed by atoms with Gasteiger partial charge in [0.2, 0.25) is 11.8 Å². The van der Waals surface area contributed by atoms with Crippen molar-refractivity contribution >= 4 is 41.9 Å². The topological polar surface area (TPSA) is 135 Å². The summed E-state index contributed by atoms with van der Waals surface area (Å²) in [5.41, 5.74) is 1.91. The highest BCUT2D eigenvalue weighted by Gasteiger charge is 2.41. The van der Waals surface area contributed by atoms with Gasteiger partial charge in [0, 0.05) is 30.3 Å². The lowest BCUT2D eigenvalue weighted by molar-refractivity contribution is -0.136. The molecule has 46 heavy (non-hydrogen) atoms. The van der Waals surface area contributed by atoms with Gasteiger partial charge in [-0.25, -0.2) is 13.6 Å². The molecule has 3 aliphatic rings. The fourth-order valence-electron chi connectivity index (χ4n) is 5.57. The van der Waals surface area contributed by atoms with E-state index >= 15 is 0 Å². The average molecular weight is 657 g/mol. The Kier molecular flexibility index (Phi) is 10.0. The quantitative estimate of drug-likeness (QED) is 0.294. The molecule has 11 nitrogen and oxygen atoms in total. The number of fused-ring (bicyclic) bond motifs is 1. The molecule has 0 saturated carbocycles. The lowest BCUT2D eigenvalue weighted by Gasteiger charge is -2.29. The molecule has 2 fully saturated rings. The predicted molar refractivity (Wildman–Crippen MR) is 163 cm³/mol. The second-order valence-corrected chi connectivity index (χ2v) is 11.0. The van der Waals surface area contributed by atoms with Gasteiger partial charge in [0.15, 0.2) is 11.6 Å². The number of carbonyl (C=O) groups excluding carboxylic acids is 4. The van der Waals surface area contributed by atoms with Crippen LogP contribution in [0.3, 0.4) is 0 Å². The van der Waals surface area contributed by atoms with E-state index in [1.54, 1.807) is 36.4 Å². The second-order valence-electron chi connectivity index (χ2n) is 11.0. The van der Waals surface area contributed by atoms with E-state index in [4.69, 9.17) is 14.2 Å². The summed E-state index contributed by atoms with van der Waals surface area (Å²) in [6.07, 6.45) is 0.927. The number of piperidine rings is 2. The number of halogens is 3. The monoisotopic (exact) mass is 656 g/mol. The number of ether oxygens (including phenoxy) is 3. The van der Waals surface area contributed by atoms with Crippen LogP contribution in [0.4, 0.5) is 19.3 Å². The van der Waals surface area contributed by atoms with Crippen LogP contribution in [0.5, 0.6) is 17.2 Å². The van der Waals surface area contributed by atoms with Crippen molar-refractivity contribution in [1.82, 2.24) is 15.5 Å². The minimum absolute atomic E-state index is 0. The lowest BCUT2D eigenvalue weighted by atomic mass is 10.0. The van der Waals surface area contributed by atoms with Crippen molar-refractivity contribution in [2.75, 3.05) is 18.4 Å². The summed E-state index contributed by atoms with van der Waals surface area (Å²) in [4.78, 5) is 52.1. The Balaban J connectivity index is 0.00000417. The molecule has 3 aromatic carbocycles. The van der Waals surface area contributed by atoms with Gasteiger partial charge in [-0.15, -0.1) is 12.4 Å². The van der Waals surface area contributed by atoms with Crippen LogP contribution in [0.2, 0.25) is 0 Å². The van der Waals surface area contributed by atoms with Gasteiger partial charge in [-0.3, -0.25) is 25.0 Å². The van der Waals surface area contributed by atoms with E-state index < -0.39 is 29.7 Å². The largest absolute Gasteiger partial charge is 0.489 e. The molecule has 1 atom stereocenters. The highest BCUT2D eigenvalue weighted by Crippen LogP contribution is 2.38. The highest BCUT2D eigenvalue weighted by molar-refractivity contribution is 6.06. The Hall–Kier alpha value is -4.75. The maximum absolute atomic E-state index is 13.7. The second kappa shape index (κ2) is 14.1. The van der Waals surface area contributed by atoms with Crippen molar-refractivity contribution < 1.29 is 42.2 Å². The summed E-state index contributed by atoms with van der Waals surface area (Å²) in [5.74, 6) is -2.47. The summed E-state index contributed by atoms with van der Waals surface area (Å²) >= 11 is 0. The number of imide groups is 1. The van der Waals surface area contributed by atoms with Crippen molar-refractivity contribution in [3.8, 4) is 17.2 Å². The highest BCUT2D eigenvalue weighted by atomic mass is 35.5. The number of benzene rings is 3. The maximum atomic E-state index is 13.7. The molecule has 3 aromatic rings. The van der Waals surface area contributed by atoms with Crippen LogP contribution >= 0.6 is 12.4 Å². The predicted octanol–water partition coefficient (Wildman–Crippen LogP) is 4.82. The third-order valence-electron chi connectivity index (χ3n) is 7.88. The average Bonchev–Trinajstić information content (AvgIpc) is 3.36. The molecule has 0 radical (unpaired) electrons. The van der Waals surface area contributed by atoms with E-state index in [0.717, 1.165) is 38.1 Å². The Morgan fingerprint density at radius 1 is 0.935 bits per heavy atom. The number of nitrogens with zero attached hydrogens (tertiary/aromatic N) is 1. The molecule has 1 unspecified atom stereocenters. The zero-order chi connectivity index (χ0) is 31.5. The van der Waals surface area contributed by atoms with Crippen LogP contribution in [0.15, 0.2) is 54.6 Å². The van der Waals surface area contributed by atoms with Gasteiger partial charge >= 0.3 is 6.09 Å². The number of anilines is 1. The first kappa shape index (κ1) is 32.6. The lowest BCUT2D eigenvalue weighted by Crippen LogP contribution is -2.52. The van der Waals surface area contributed by atoms with Gasteiger partial charge in [0.25, 0.3) is 5.91 Å². The Labute approximate surface area is 269 Å².